The Bertz CT molecular complexity index is 1310. The van der Waals surface area contributed by atoms with Crippen LogP contribution in [0.1, 0.15) is 43.2 Å². The van der Waals surface area contributed by atoms with Gasteiger partial charge in [0.25, 0.3) is 0 Å². The van der Waals surface area contributed by atoms with Crippen molar-refractivity contribution in [3.05, 3.63) is 89.8 Å². The zero-order valence-corrected chi connectivity index (χ0v) is 22.3. The van der Waals surface area contributed by atoms with E-state index in [4.69, 9.17) is 0 Å². The lowest BCUT2D eigenvalue weighted by Gasteiger charge is -2.36. The van der Waals surface area contributed by atoms with Gasteiger partial charge in [-0.15, -0.1) is 0 Å². The highest BCUT2D eigenvalue weighted by Crippen LogP contribution is 2.41. The van der Waals surface area contributed by atoms with Gasteiger partial charge < -0.3 is 15.0 Å². The summed E-state index contributed by atoms with van der Waals surface area (Å²) >= 11 is 0. The Balaban J connectivity index is 1.53. The van der Waals surface area contributed by atoms with E-state index in [1.807, 2.05) is 79.7 Å². The minimum atomic E-state index is -0.600. The summed E-state index contributed by atoms with van der Waals surface area (Å²) in [5, 5.41) is 3.09. The molecule has 0 aromatic heterocycles. The monoisotopic (exact) mass is 514 g/mol. The zero-order chi connectivity index (χ0) is 27.1. The maximum absolute atomic E-state index is 15.3. The molecule has 0 atom stereocenters. The number of anilines is 2. The van der Waals surface area contributed by atoms with Gasteiger partial charge in [-0.25, -0.2) is 9.18 Å². The first-order chi connectivity index (χ1) is 18.3. The second-order valence-electron chi connectivity index (χ2n) is 10.2. The van der Waals surface area contributed by atoms with E-state index in [0.717, 1.165) is 54.5 Å². The Hall–Kier alpha value is -3.93. The van der Waals surface area contributed by atoms with Crippen LogP contribution < -0.4 is 10.2 Å². The van der Waals surface area contributed by atoms with Crippen molar-refractivity contribution in [2.45, 2.75) is 38.5 Å². The molecule has 4 rings (SSSR count). The molecule has 1 aliphatic carbocycles. The van der Waals surface area contributed by atoms with E-state index >= 15 is 4.39 Å². The zero-order valence-electron chi connectivity index (χ0n) is 22.3. The Morgan fingerprint density at radius 3 is 2.39 bits per heavy atom. The molecule has 0 saturated heterocycles. The van der Waals surface area contributed by atoms with Crippen molar-refractivity contribution >= 4 is 29.3 Å². The molecule has 198 valence electrons. The predicted octanol–water partition coefficient (Wildman–Crippen LogP) is 6.88. The van der Waals surface area contributed by atoms with Gasteiger partial charge in [-0.2, -0.15) is 0 Å². The summed E-state index contributed by atoms with van der Waals surface area (Å²) in [7, 11) is 5.27. The van der Waals surface area contributed by atoms with Crippen molar-refractivity contribution in [2.24, 2.45) is 5.41 Å². The van der Waals surface area contributed by atoms with Gasteiger partial charge in [0.2, 0.25) is 5.91 Å². The number of halogens is 1. The van der Waals surface area contributed by atoms with Gasteiger partial charge in [-0.1, -0.05) is 55.7 Å². The van der Waals surface area contributed by atoms with E-state index in [9.17, 15) is 9.59 Å². The summed E-state index contributed by atoms with van der Waals surface area (Å²) in [5.74, 6) is -0.768. The maximum atomic E-state index is 15.3. The minimum absolute atomic E-state index is 0.0462. The van der Waals surface area contributed by atoms with Crippen LogP contribution in [-0.2, 0) is 20.7 Å². The minimum Gasteiger partial charge on any atom is -0.466 e. The summed E-state index contributed by atoms with van der Waals surface area (Å²) in [5.41, 5.74) is 4.10. The van der Waals surface area contributed by atoms with Crippen molar-refractivity contribution in [3.63, 3.8) is 0 Å². The summed E-state index contributed by atoms with van der Waals surface area (Å²) in [6, 6.07) is 20.5. The van der Waals surface area contributed by atoms with E-state index in [-0.39, 0.29) is 11.7 Å². The molecule has 0 heterocycles. The fraction of sp³-hybridized carbons (Fsp3) is 0.312. The van der Waals surface area contributed by atoms with Crippen molar-refractivity contribution in [1.82, 2.24) is 0 Å². The molecule has 0 unspecified atom stereocenters. The molecule has 1 amide bonds. The van der Waals surface area contributed by atoms with Crippen LogP contribution in [0.5, 0.6) is 0 Å². The third kappa shape index (κ3) is 6.49. The highest BCUT2D eigenvalue weighted by Gasteiger charge is 2.39. The normalized spacial score (nSPS) is 14.7. The van der Waals surface area contributed by atoms with Crippen LogP contribution in [0.4, 0.5) is 15.8 Å². The summed E-state index contributed by atoms with van der Waals surface area (Å²) < 4.78 is 19.9. The van der Waals surface area contributed by atoms with Crippen LogP contribution >= 0.6 is 0 Å². The molecular formula is C32H35FN2O3. The van der Waals surface area contributed by atoms with E-state index in [1.54, 1.807) is 12.1 Å². The maximum Gasteiger partial charge on any atom is 0.330 e. The molecule has 0 spiro atoms. The number of amides is 1. The second-order valence-corrected chi connectivity index (χ2v) is 10.2. The third-order valence-corrected chi connectivity index (χ3v) is 7.32. The largest absolute Gasteiger partial charge is 0.466 e. The number of benzene rings is 3. The number of methoxy groups -OCH3 is 1. The highest BCUT2D eigenvalue weighted by atomic mass is 19.1. The molecule has 5 nitrogen and oxygen atoms in total. The van der Waals surface area contributed by atoms with Crippen LogP contribution in [0, 0.1) is 11.2 Å². The standard InChI is InChI=1S/C32H35FN2O3/c1-35(2)27-14-12-25(13-15-27)28-16-10-24(21-29(28)33)22-32(18-5-4-6-19-32)31(37)34-26-9-7-8-23(20-26)11-17-30(36)38-3/h7-17,20-21H,4-6,18-19,22H2,1-3H3,(H,34,37)/b17-11+. The Labute approximate surface area is 224 Å². The fourth-order valence-corrected chi connectivity index (χ4v) is 5.16. The highest BCUT2D eigenvalue weighted by molar-refractivity contribution is 5.96. The first-order valence-electron chi connectivity index (χ1n) is 13.0. The quantitative estimate of drug-likeness (QED) is 0.263. The second kappa shape index (κ2) is 12.1. The number of rotatable bonds is 8. The summed E-state index contributed by atoms with van der Waals surface area (Å²) in [6.07, 6.45) is 8.03. The van der Waals surface area contributed by atoms with Gasteiger partial charge in [0.05, 0.1) is 12.5 Å². The molecule has 6 heteroatoms. The molecule has 3 aromatic carbocycles. The van der Waals surface area contributed by atoms with Gasteiger partial charge >= 0.3 is 5.97 Å². The lowest BCUT2D eigenvalue weighted by atomic mass is 9.69. The lowest BCUT2D eigenvalue weighted by molar-refractivity contribution is -0.134. The van der Waals surface area contributed by atoms with Crippen molar-refractivity contribution in [3.8, 4) is 11.1 Å². The number of carbonyl (C=O) groups excluding carboxylic acids is 2. The van der Waals surface area contributed by atoms with E-state index in [2.05, 4.69) is 10.1 Å². The number of nitrogens with zero attached hydrogens (tertiary/aromatic N) is 1. The van der Waals surface area contributed by atoms with Crippen LogP contribution in [0.15, 0.2) is 72.8 Å². The van der Waals surface area contributed by atoms with Crippen molar-refractivity contribution < 1.29 is 18.7 Å². The van der Waals surface area contributed by atoms with Crippen LogP contribution in [-0.4, -0.2) is 33.1 Å². The first-order valence-corrected chi connectivity index (χ1v) is 13.0. The molecule has 1 N–H and O–H groups in total. The number of carbonyl (C=O) groups is 2. The van der Waals surface area contributed by atoms with E-state index < -0.39 is 11.4 Å². The molecule has 38 heavy (non-hydrogen) atoms. The average Bonchev–Trinajstić information content (AvgIpc) is 2.92. The number of esters is 1. The van der Waals surface area contributed by atoms with E-state index in [1.165, 1.54) is 13.2 Å². The molecule has 0 aliphatic heterocycles. The molecule has 0 bridgehead atoms. The SMILES string of the molecule is COC(=O)/C=C/c1cccc(NC(=O)C2(Cc3ccc(-c4ccc(N(C)C)cc4)c(F)c3)CCCCC2)c1. The Morgan fingerprint density at radius 1 is 1.00 bits per heavy atom. The predicted molar refractivity (Wildman–Crippen MR) is 152 cm³/mol. The van der Waals surface area contributed by atoms with Crippen molar-refractivity contribution in [1.29, 1.82) is 0 Å². The smallest absolute Gasteiger partial charge is 0.330 e. The Morgan fingerprint density at radius 2 is 1.74 bits per heavy atom. The lowest BCUT2D eigenvalue weighted by Crippen LogP contribution is -2.40. The molecular weight excluding hydrogens is 479 g/mol. The number of nitrogens with one attached hydrogen (secondary N) is 1. The topological polar surface area (TPSA) is 58.6 Å². The fourth-order valence-electron chi connectivity index (χ4n) is 5.16. The van der Waals surface area contributed by atoms with Crippen LogP contribution in [0.3, 0.4) is 0 Å². The molecule has 0 radical (unpaired) electrons. The molecule has 3 aromatic rings. The van der Waals surface area contributed by atoms with Gasteiger partial charge in [-0.3, -0.25) is 4.79 Å². The average molecular weight is 515 g/mol. The van der Waals surface area contributed by atoms with Crippen LogP contribution in [0.2, 0.25) is 0 Å². The van der Waals surface area contributed by atoms with Gasteiger partial charge in [-0.05, 0) is 72.4 Å². The summed E-state index contributed by atoms with van der Waals surface area (Å²) in [6.45, 7) is 0. The van der Waals surface area contributed by atoms with Crippen LogP contribution in [0.25, 0.3) is 17.2 Å². The molecule has 1 fully saturated rings. The van der Waals surface area contributed by atoms with E-state index in [0.29, 0.717) is 17.7 Å². The number of hydrogen-bond donors (Lipinski definition) is 1. The number of ether oxygens (including phenoxy) is 1. The molecule has 1 aliphatic rings. The van der Waals surface area contributed by atoms with Gasteiger partial charge in [0.15, 0.2) is 0 Å². The third-order valence-electron chi connectivity index (χ3n) is 7.32. The first kappa shape index (κ1) is 27.1. The Kier molecular flexibility index (Phi) is 8.62. The molecule has 1 saturated carbocycles. The number of hydrogen-bond acceptors (Lipinski definition) is 4. The van der Waals surface area contributed by atoms with Crippen molar-refractivity contribution in [2.75, 3.05) is 31.4 Å². The summed E-state index contributed by atoms with van der Waals surface area (Å²) in [4.78, 5) is 27.1. The van der Waals surface area contributed by atoms with Gasteiger partial charge in [0.1, 0.15) is 5.82 Å². The van der Waals surface area contributed by atoms with Gasteiger partial charge in [0, 0.05) is 37.1 Å².